The van der Waals surface area contributed by atoms with Crippen LogP contribution in [0.5, 0.6) is 11.5 Å². The van der Waals surface area contributed by atoms with Crippen LogP contribution < -0.4 is 14.8 Å². The minimum Gasteiger partial charge on any atom is -0.493 e. The van der Waals surface area contributed by atoms with Gasteiger partial charge in [0.15, 0.2) is 11.5 Å². The molecule has 1 fully saturated rings. The van der Waals surface area contributed by atoms with Crippen molar-refractivity contribution in [1.82, 2.24) is 30.4 Å². The molecular weight excluding hydrogens is 460 g/mol. The SMILES string of the molecule is COc1ccc(-c2nnn(CC(=O)N(CC(=O)NC3CCCCC3)Cc3ccccc3)n2)cc1OC. The van der Waals surface area contributed by atoms with Crippen LogP contribution in [0, 0.1) is 0 Å². The lowest BCUT2D eigenvalue weighted by atomic mass is 9.95. The number of methoxy groups -OCH3 is 2. The van der Waals surface area contributed by atoms with Gasteiger partial charge in [-0.3, -0.25) is 9.59 Å². The third kappa shape index (κ3) is 6.59. The molecular formula is C26H32N6O4. The van der Waals surface area contributed by atoms with Gasteiger partial charge in [0.25, 0.3) is 0 Å². The van der Waals surface area contributed by atoms with Crippen LogP contribution in [0.25, 0.3) is 11.4 Å². The molecule has 0 aliphatic heterocycles. The number of amides is 2. The summed E-state index contributed by atoms with van der Waals surface area (Å²) in [5.74, 6) is 1.07. The zero-order valence-electron chi connectivity index (χ0n) is 20.7. The van der Waals surface area contributed by atoms with Crippen molar-refractivity contribution in [1.29, 1.82) is 0 Å². The number of nitrogens with zero attached hydrogens (tertiary/aromatic N) is 5. The van der Waals surface area contributed by atoms with Crippen molar-refractivity contribution in [3.05, 3.63) is 54.1 Å². The van der Waals surface area contributed by atoms with E-state index < -0.39 is 0 Å². The third-order valence-electron chi connectivity index (χ3n) is 6.24. The van der Waals surface area contributed by atoms with Crippen molar-refractivity contribution in [2.45, 2.75) is 51.2 Å². The molecule has 2 aromatic carbocycles. The number of carbonyl (C=O) groups is 2. The molecule has 1 N–H and O–H groups in total. The average molecular weight is 493 g/mol. The Morgan fingerprint density at radius 1 is 1.03 bits per heavy atom. The Bertz CT molecular complexity index is 1160. The number of aromatic nitrogens is 4. The van der Waals surface area contributed by atoms with E-state index in [9.17, 15) is 9.59 Å². The van der Waals surface area contributed by atoms with Crippen LogP contribution in [0.2, 0.25) is 0 Å². The fourth-order valence-corrected chi connectivity index (χ4v) is 4.35. The maximum absolute atomic E-state index is 13.3. The number of benzene rings is 2. The summed E-state index contributed by atoms with van der Waals surface area (Å²) in [6.45, 7) is 0.153. The van der Waals surface area contributed by atoms with Crippen LogP contribution in [0.15, 0.2) is 48.5 Å². The smallest absolute Gasteiger partial charge is 0.247 e. The topological polar surface area (TPSA) is 111 Å². The van der Waals surface area contributed by atoms with Gasteiger partial charge in [-0.25, -0.2) is 0 Å². The number of hydrogen-bond acceptors (Lipinski definition) is 7. The highest BCUT2D eigenvalue weighted by Crippen LogP contribution is 2.30. The van der Waals surface area contributed by atoms with E-state index in [0.717, 1.165) is 31.2 Å². The lowest BCUT2D eigenvalue weighted by molar-refractivity contribution is -0.137. The molecule has 0 radical (unpaired) electrons. The zero-order valence-corrected chi connectivity index (χ0v) is 20.7. The summed E-state index contributed by atoms with van der Waals surface area (Å²) in [6, 6.07) is 15.1. The molecule has 0 spiro atoms. The summed E-state index contributed by atoms with van der Waals surface area (Å²) in [4.78, 5) is 28.8. The molecule has 0 saturated heterocycles. The van der Waals surface area contributed by atoms with E-state index in [1.165, 1.54) is 16.1 Å². The number of nitrogens with one attached hydrogen (secondary N) is 1. The number of carbonyl (C=O) groups excluding carboxylic acids is 2. The van der Waals surface area contributed by atoms with Crippen LogP contribution in [-0.2, 0) is 22.7 Å². The van der Waals surface area contributed by atoms with Gasteiger partial charge in [0.1, 0.15) is 6.54 Å². The van der Waals surface area contributed by atoms with Gasteiger partial charge in [0, 0.05) is 18.2 Å². The summed E-state index contributed by atoms with van der Waals surface area (Å²) < 4.78 is 10.6. The van der Waals surface area contributed by atoms with E-state index in [0.29, 0.717) is 29.4 Å². The first kappa shape index (κ1) is 25.2. The van der Waals surface area contributed by atoms with Gasteiger partial charge in [0.05, 0.1) is 20.8 Å². The third-order valence-corrected chi connectivity index (χ3v) is 6.24. The second-order valence-electron chi connectivity index (χ2n) is 8.85. The van der Waals surface area contributed by atoms with Crippen molar-refractivity contribution < 1.29 is 19.1 Å². The Morgan fingerprint density at radius 2 is 1.78 bits per heavy atom. The van der Waals surface area contributed by atoms with E-state index in [-0.39, 0.29) is 30.9 Å². The second kappa shape index (κ2) is 12.1. The molecule has 1 saturated carbocycles. The van der Waals surface area contributed by atoms with Gasteiger partial charge in [-0.1, -0.05) is 49.6 Å². The lowest BCUT2D eigenvalue weighted by Gasteiger charge is -2.26. The molecule has 190 valence electrons. The van der Waals surface area contributed by atoms with Gasteiger partial charge in [-0.2, -0.15) is 4.80 Å². The summed E-state index contributed by atoms with van der Waals surface area (Å²) in [6.07, 6.45) is 5.43. The molecule has 1 aromatic heterocycles. The molecule has 36 heavy (non-hydrogen) atoms. The Hall–Kier alpha value is -3.95. The summed E-state index contributed by atoms with van der Waals surface area (Å²) in [7, 11) is 3.12. The molecule has 10 heteroatoms. The average Bonchev–Trinajstić information content (AvgIpc) is 3.37. The summed E-state index contributed by atoms with van der Waals surface area (Å²) in [5.41, 5.74) is 1.62. The predicted molar refractivity (Wildman–Crippen MR) is 133 cm³/mol. The molecule has 1 aliphatic rings. The normalized spacial score (nSPS) is 13.7. The quantitative estimate of drug-likeness (QED) is 0.463. The van der Waals surface area contributed by atoms with Crippen molar-refractivity contribution in [3.8, 4) is 22.9 Å². The number of rotatable bonds is 10. The van der Waals surface area contributed by atoms with Crippen molar-refractivity contribution in [2.75, 3.05) is 20.8 Å². The predicted octanol–water partition coefficient (Wildman–Crippen LogP) is 2.83. The molecule has 1 heterocycles. The molecule has 1 aliphatic carbocycles. The standard InChI is InChI=1S/C26H32N6O4/c1-35-22-14-13-20(15-23(22)36-2)26-28-30-32(29-26)18-25(34)31(16-19-9-5-3-6-10-19)17-24(33)27-21-11-7-4-8-12-21/h3,5-6,9-10,13-15,21H,4,7-8,11-12,16-18H2,1-2H3,(H,27,33). The highest BCUT2D eigenvalue weighted by atomic mass is 16.5. The molecule has 0 atom stereocenters. The fraction of sp³-hybridized carbons (Fsp3) is 0.423. The summed E-state index contributed by atoms with van der Waals surface area (Å²) in [5, 5.41) is 15.6. The number of tetrazole rings is 1. The minimum absolute atomic E-state index is 0.0263. The lowest BCUT2D eigenvalue weighted by Crippen LogP contribution is -2.45. The first-order valence-corrected chi connectivity index (χ1v) is 12.2. The van der Waals surface area contributed by atoms with E-state index in [2.05, 4.69) is 20.7 Å². The van der Waals surface area contributed by atoms with E-state index in [1.54, 1.807) is 32.4 Å². The molecule has 0 bridgehead atoms. The van der Waals surface area contributed by atoms with Crippen molar-refractivity contribution >= 4 is 11.8 Å². The van der Waals surface area contributed by atoms with Gasteiger partial charge in [-0.15, -0.1) is 10.2 Å². The monoisotopic (exact) mass is 492 g/mol. The van der Waals surface area contributed by atoms with Crippen LogP contribution in [-0.4, -0.2) is 63.7 Å². The Morgan fingerprint density at radius 3 is 2.50 bits per heavy atom. The molecule has 0 unspecified atom stereocenters. The van der Waals surface area contributed by atoms with Crippen LogP contribution in [0.4, 0.5) is 0 Å². The first-order chi connectivity index (χ1) is 17.6. The fourth-order valence-electron chi connectivity index (χ4n) is 4.35. The van der Waals surface area contributed by atoms with Gasteiger partial charge < -0.3 is 19.7 Å². The summed E-state index contributed by atoms with van der Waals surface area (Å²) >= 11 is 0. The van der Waals surface area contributed by atoms with Crippen LogP contribution in [0.1, 0.15) is 37.7 Å². The van der Waals surface area contributed by atoms with E-state index >= 15 is 0 Å². The zero-order chi connectivity index (χ0) is 25.3. The van der Waals surface area contributed by atoms with Crippen molar-refractivity contribution in [3.63, 3.8) is 0 Å². The van der Waals surface area contributed by atoms with Gasteiger partial charge >= 0.3 is 0 Å². The molecule has 10 nitrogen and oxygen atoms in total. The van der Waals surface area contributed by atoms with Gasteiger partial charge in [0.2, 0.25) is 17.6 Å². The van der Waals surface area contributed by atoms with Crippen LogP contribution >= 0.6 is 0 Å². The van der Waals surface area contributed by atoms with E-state index in [4.69, 9.17) is 9.47 Å². The highest BCUT2D eigenvalue weighted by molar-refractivity contribution is 5.84. The van der Waals surface area contributed by atoms with Crippen LogP contribution in [0.3, 0.4) is 0 Å². The number of hydrogen-bond donors (Lipinski definition) is 1. The number of ether oxygens (including phenoxy) is 2. The second-order valence-corrected chi connectivity index (χ2v) is 8.85. The maximum Gasteiger partial charge on any atom is 0.247 e. The highest BCUT2D eigenvalue weighted by Gasteiger charge is 2.22. The maximum atomic E-state index is 13.3. The Labute approximate surface area is 210 Å². The minimum atomic E-state index is -0.270. The molecule has 2 amide bonds. The molecule has 3 aromatic rings. The first-order valence-electron chi connectivity index (χ1n) is 12.2. The van der Waals surface area contributed by atoms with E-state index in [1.807, 2.05) is 30.3 Å². The van der Waals surface area contributed by atoms with Crippen molar-refractivity contribution in [2.24, 2.45) is 0 Å². The largest absolute Gasteiger partial charge is 0.493 e. The van der Waals surface area contributed by atoms with Gasteiger partial charge in [-0.05, 0) is 41.8 Å². The Kier molecular flexibility index (Phi) is 8.48. The molecule has 4 rings (SSSR count). The Balaban J connectivity index is 1.45.